The normalized spacial score (nSPS) is 19.2. The summed E-state index contributed by atoms with van der Waals surface area (Å²) in [6.07, 6.45) is 5.89. The number of nitrogens with one attached hydrogen (secondary N) is 1. The van der Waals surface area contributed by atoms with Crippen molar-refractivity contribution < 1.29 is 9.90 Å². The van der Waals surface area contributed by atoms with Crippen LogP contribution in [0.15, 0.2) is 5.38 Å². The lowest BCUT2D eigenvalue weighted by Crippen LogP contribution is -2.42. The lowest BCUT2D eigenvalue weighted by molar-refractivity contribution is 0.0246. The highest BCUT2D eigenvalue weighted by Gasteiger charge is 2.28. The molecule has 1 saturated carbocycles. The fraction of sp³-hybridized carbons (Fsp3) is 0.667. The molecule has 6 heteroatoms. The molecule has 18 heavy (non-hydrogen) atoms. The van der Waals surface area contributed by atoms with E-state index in [1.54, 1.807) is 5.38 Å². The van der Waals surface area contributed by atoms with Gasteiger partial charge < -0.3 is 16.2 Å². The molecule has 1 fully saturated rings. The molecule has 4 N–H and O–H groups in total. The van der Waals surface area contributed by atoms with Gasteiger partial charge in [0.05, 0.1) is 5.60 Å². The topological polar surface area (TPSA) is 88.2 Å². The Morgan fingerprint density at radius 3 is 2.67 bits per heavy atom. The van der Waals surface area contributed by atoms with Gasteiger partial charge in [0.2, 0.25) is 0 Å². The van der Waals surface area contributed by atoms with Crippen molar-refractivity contribution in [3.8, 4) is 0 Å². The van der Waals surface area contributed by atoms with E-state index in [1.807, 2.05) is 0 Å². The zero-order valence-electron chi connectivity index (χ0n) is 10.3. The molecule has 0 radical (unpaired) electrons. The highest BCUT2D eigenvalue weighted by Crippen LogP contribution is 2.26. The second-order valence-electron chi connectivity index (χ2n) is 4.89. The summed E-state index contributed by atoms with van der Waals surface area (Å²) in [5.41, 5.74) is 5.05. The fourth-order valence-corrected chi connectivity index (χ4v) is 2.83. The van der Waals surface area contributed by atoms with Gasteiger partial charge in [0, 0.05) is 11.9 Å². The quantitative estimate of drug-likeness (QED) is 0.726. The van der Waals surface area contributed by atoms with Crippen LogP contribution in [0.3, 0.4) is 0 Å². The third-order valence-corrected chi connectivity index (χ3v) is 4.04. The number of aromatic nitrogens is 1. The summed E-state index contributed by atoms with van der Waals surface area (Å²) in [4.78, 5) is 15.7. The molecule has 0 spiro atoms. The summed E-state index contributed by atoms with van der Waals surface area (Å²) >= 11 is 1.24. The summed E-state index contributed by atoms with van der Waals surface area (Å²) < 4.78 is 0. The van der Waals surface area contributed by atoms with E-state index in [4.69, 9.17) is 5.73 Å². The monoisotopic (exact) mass is 269 g/mol. The van der Waals surface area contributed by atoms with Crippen molar-refractivity contribution in [1.82, 2.24) is 10.3 Å². The molecule has 1 aliphatic carbocycles. The van der Waals surface area contributed by atoms with Crippen LogP contribution in [0.5, 0.6) is 0 Å². The largest absolute Gasteiger partial charge is 0.388 e. The number of nitrogen functional groups attached to an aromatic ring is 1. The highest BCUT2D eigenvalue weighted by atomic mass is 32.1. The molecule has 1 heterocycles. The van der Waals surface area contributed by atoms with E-state index in [0.29, 0.717) is 17.4 Å². The van der Waals surface area contributed by atoms with E-state index in [9.17, 15) is 9.90 Å². The van der Waals surface area contributed by atoms with Crippen LogP contribution in [0.2, 0.25) is 0 Å². The second kappa shape index (κ2) is 5.67. The van der Waals surface area contributed by atoms with Gasteiger partial charge in [-0.1, -0.05) is 25.7 Å². The van der Waals surface area contributed by atoms with Gasteiger partial charge in [-0.25, -0.2) is 4.98 Å². The Kier molecular flexibility index (Phi) is 4.19. The van der Waals surface area contributed by atoms with E-state index in [2.05, 4.69) is 10.3 Å². The second-order valence-corrected chi connectivity index (χ2v) is 5.78. The first-order valence-electron chi connectivity index (χ1n) is 6.31. The van der Waals surface area contributed by atoms with Gasteiger partial charge in [0.1, 0.15) is 5.69 Å². The van der Waals surface area contributed by atoms with E-state index < -0.39 is 5.60 Å². The van der Waals surface area contributed by atoms with Gasteiger partial charge in [-0.3, -0.25) is 4.79 Å². The molecule has 100 valence electrons. The third-order valence-electron chi connectivity index (χ3n) is 3.37. The molecule has 1 aromatic rings. The average Bonchev–Trinajstić information content (AvgIpc) is 2.66. The number of amides is 1. The summed E-state index contributed by atoms with van der Waals surface area (Å²) in [6, 6.07) is 0. The van der Waals surface area contributed by atoms with E-state index >= 15 is 0 Å². The van der Waals surface area contributed by atoms with E-state index in [0.717, 1.165) is 25.7 Å². The zero-order valence-corrected chi connectivity index (χ0v) is 11.1. The molecule has 0 unspecified atom stereocenters. The molecule has 1 amide bonds. The van der Waals surface area contributed by atoms with Crippen molar-refractivity contribution in [2.45, 2.75) is 44.1 Å². The maximum absolute atomic E-state index is 11.8. The Hall–Kier alpha value is -1.14. The van der Waals surface area contributed by atoms with Crippen molar-refractivity contribution in [1.29, 1.82) is 0 Å². The van der Waals surface area contributed by atoms with Crippen LogP contribution in [-0.2, 0) is 0 Å². The van der Waals surface area contributed by atoms with Crippen molar-refractivity contribution in [2.75, 3.05) is 12.3 Å². The number of anilines is 1. The third kappa shape index (κ3) is 3.43. The number of hydrogen-bond donors (Lipinski definition) is 3. The molecule has 0 aliphatic heterocycles. The summed E-state index contributed by atoms with van der Waals surface area (Å²) in [5, 5.41) is 15.2. The zero-order chi connectivity index (χ0) is 13.0. The molecular formula is C12H19N3O2S. The molecule has 1 aliphatic rings. The lowest BCUT2D eigenvalue weighted by Gasteiger charge is -2.26. The minimum Gasteiger partial charge on any atom is -0.388 e. The predicted molar refractivity (Wildman–Crippen MR) is 71.5 cm³/mol. The Labute approximate surface area is 110 Å². The Morgan fingerprint density at radius 2 is 2.11 bits per heavy atom. The molecule has 1 aromatic heterocycles. The molecule has 0 aromatic carbocycles. The van der Waals surface area contributed by atoms with Gasteiger partial charge in [0.25, 0.3) is 5.91 Å². The predicted octanol–water partition coefficient (Wildman–Crippen LogP) is 1.54. The molecule has 0 bridgehead atoms. The number of nitrogens with zero attached hydrogens (tertiary/aromatic N) is 1. The first-order valence-corrected chi connectivity index (χ1v) is 7.19. The number of aliphatic hydroxyl groups is 1. The Bertz CT molecular complexity index is 411. The van der Waals surface area contributed by atoms with Crippen LogP contribution >= 0.6 is 11.3 Å². The maximum atomic E-state index is 11.8. The molecule has 2 rings (SSSR count). The first kappa shape index (κ1) is 13.3. The van der Waals surface area contributed by atoms with Crippen LogP contribution < -0.4 is 11.1 Å². The van der Waals surface area contributed by atoms with E-state index in [-0.39, 0.29) is 5.91 Å². The molecule has 0 saturated heterocycles. The van der Waals surface area contributed by atoms with Crippen LogP contribution in [0.4, 0.5) is 5.13 Å². The van der Waals surface area contributed by atoms with Crippen molar-refractivity contribution in [2.24, 2.45) is 0 Å². The van der Waals surface area contributed by atoms with Crippen LogP contribution in [0, 0.1) is 0 Å². The fourth-order valence-electron chi connectivity index (χ4n) is 2.29. The average molecular weight is 269 g/mol. The molecule has 5 nitrogen and oxygen atoms in total. The standard InChI is InChI=1S/C12H19N3O2S/c13-11-15-9(7-18-11)10(16)14-8-12(17)5-3-1-2-4-6-12/h7,17H,1-6,8H2,(H2,13,15)(H,14,16). The van der Waals surface area contributed by atoms with Gasteiger partial charge >= 0.3 is 0 Å². The van der Waals surface area contributed by atoms with Gasteiger partial charge in [0.15, 0.2) is 5.13 Å². The van der Waals surface area contributed by atoms with Crippen molar-refractivity contribution >= 4 is 22.4 Å². The summed E-state index contributed by atoms with van der Waals surface area (Å²) in [5.74, 6) is -0.263. The molecular weight excluding hydrogens is 250 g/mol. The smallest absolute Gasteiger partial charge is 0.270 e. The van der Waals surface area contributed by atoms with Crippen molar-refractivity contribution in [3.05, 3.63) is 11.1 Å². The molecule has 0 atom stereocenters. The van der Waals surface area contributed by atoms with Gasteiger partial charge in [-0.05, 0) is 12.8 Å². The van der Waals surface area contributed by atoms with Crippen LogP contribution in [0.25, 0.3) is 0 Å². The number of thiazole rings is 1. The van der Waals surface area contributed by atoms with Crippen molar-refractivity contribution in [3.63, 3.8) is 0 Å². The van der Waals surface area contributed by atoms with Crippen LogP contribution in [-0.4, -0.2) is 28.1 Å². The number of hydrogen-bond acceptors (Lipinski definition) is 5. The maximum Gasteiger partial charge on any atom is 0.270 e. The lowest BCUT2D eigenvalue weighted by atomic mass is 9.94. The van der Waals surface area contributed by atoms with Crippen LogP contribution in [0.1, 0.15) is 49.0 Å². The number of carbonyl (C=O) groups is 1. The Balaban J connectivity index is 1.88. The minimum absolute atomic E-state index is 0.263. The summed E-state index contributed by atoms with van der Waals surface area (Å²) in [7, 11) is 0. The SMILES string of the molecule is Nc1nc(C(=O)NCC2(O)CCCCCC2)cs1. The number of nitrogens with two attached hydrogens (primary N) is 1. The summed E-state index contributed by atoms with van der Waals surface area (Å²) in [6.45, 7) is 0.295. The van der Waals surface area contributed by atoms with Gasteiger partial charge in [-0.2, -0.15) is 0 Å². The van der Waals surface area contributed by atoms with E-state index in [1.165, 1.54) is 24.2 Å². The number of rotatable bonds is 3. The number of carbonyl (C=O) groups excluding carboxylic acids is 1. The Morgan fingerprint density at radius 1 is 1.44 bits per heavy atom. The first-order chi connectivity index (χ1) is 8.59. The minimum atomic E-state index is -0.756. The van der Waals surface area contributed by atoms with Gasteiger partial charge in [-0.15, -0.1) is 11.3 Å². The highest BCUT2D eigenvalue weighted by molar-refractivity contribution is 7.13.